The number of unbranched alkanes of at least 4 members (excludes halogenated alkanes) is 1. The van der Waals surface area contributed by atoms with Gasteiger partial charge in [-0.15, -0.1) is 12.4 Å². The molecule has 5 rings (SSSR count). The minimum Gasteiger partial charge on any atom is -0.457 e. The smallest absolute Gasteiger partial charge is 0.248 e. The van der Waals surface area contributed by atoms with E-state index >= 15 is 0 Å². The molecule has 2 aliphatic heterocycles. The molecule has 2 aromatic rings. The summed E-state index contributed by atoms with van der Waals surface area (Å²) in [5, 5.41) is 14.1. The molecular weight excluding hydrogens is 628 g/mol. The van der Waals surface area contributed by atoms with Crippen LogP contribution in [0.1, 0.15) is 70.3 Å². The van der Waals surface area contributed by atoms with Crippen molar-refractivity contribution in [1.82, 2.24) is 15.1 Å². The largest absolute Gasteiger partial charge is 0.457 e. The number of sulfonamides is 1. The maximum Gasteiger partial charge on any atom is 0.248 e. The number of anilines is 1. The Hall–Kier alpha value is -2.86. The summed E-state index contributed by atoms with van der Waals surface area (Å²) in [6.07, 6.45) is 8.85. The highest BCUT2D eigenvalue weighted by molar-refractivity contribution is 7.92. The molecule has 46 heavy (non-hydrogen) atoms. The van der Waals surface area contributed by atoms with Gasteiger partial charge in [-0.1, -0.05) is 44.7 Å². The quantitative estimate of drug-likeness (QED) is 0.291. The molecule has 12 heteroatoms. The molecule has 0 spiro atoms. The average molecular weight is 677 g/mol. The van der Waals surface area contributed by atoms with Crippen molar-refractivity contribution in [2.75, 3.05) is 30.6 Å². The first-order valence-corrected chi connectivity index (χ1v) is 18.4. The van der Waals surface area contributed by atoms with Gasteiger partial charge in [0.1, 0.15) is 23.6 Å². The monoisotopic (exact) mass is 676 g/mol. The van der Waals surface area contributed by atoms with Crippen molar-refractivity contribution in [2.24, 2.45) is 11.8 Å². The van der Waals surface area contributed by atoms with Gasteiger partial charge in [0.25, 0.3) is 0 Å². The molecule has 3 fully saturated rings. The molecule has 0 aromatic heterocycles. The molecule has 1 unspecified atom stereocenters. The topological polar surface area (TPSA) is 128 Å². The Morgan fingerprint density at radius 1 is 0.957 bits per heavy atom. The number of hydrogen-bond donors (Lipinski definition) is 3. The Morgan fingerprint density at radius 2 is 1.57 bits per heavy atom. The Morgan fingerprint density at radius 3 is 2.15 bits per heavy atom. The molecule has 3 atom stereocenters. The van der Waals surface area contributed by atoms with Crippen LogP contribution in [0.2, 0.25) is 0 Å². The van der Waals surface area contributed by atoms with E-state index in [1.165, 1.54) is 6.42 Å². The van der Waals surface area contributed by atoms with Crippen LogP contribution >= 0.6 is 12.4 Å². The number of halogens is 1. The van der Waals surface area contributed by atoms with E-state index in [1.807, 2.05) is 24.3 Å². The number of rotatable bonds is 12. The fourth-order valence-corrected chi connectivity index (χ4v) is 7.64. The Labute approximate surface area is 279 Å². The van der Waals surface area contributed by atoms with E-state index < -0.39 is 28.2 Å². The minimum absolute atomic E-state index is 0. The van der Waals surface area contributed by atoms with Crippen LogP contribution in [0, 0.1) is 11.8 Å². The lowest BCUT2D eigenvalue weighted by atomic mass is 9.80. The van der Waals surface area contributed by atoms with Crippen LogP contribution < -0.4 is 14.8 Å². The van der Waals surface area contributed by atoms with Crippen LogP contribution in [-0.2, 0) is 26.2 Å². The Bertz CT molecular complexity index is 1390. The van der Waals surface area contributed by atoms with Gasteiger partial charge in [-0.2, -0.15) is 0 Å². The van der Waals surface area contributed by atoms with Crippen LogP contribution in [0.25, 0.3) is 0 Å². The third-order valence-electron chi connectivity index (χ3n) is 9.48. The van der Waals surface area contributed by atoms with Crippen LogP contribution in [-0.4, -0.2) is 79.2 Å². The summed E-state index contributed by atoms with van der Waals surface area (Å²) in [5.74, 6) is 1.23. The van der Waals surface area contributed by atoms with E-state index in [9.17, 15) is 23.1 Å². The number of ether oxygens (including phenoxy) is 1. The summed E-state index contributed by atoms with van der Waals surface area (Å²) in [7, 11) is -3.33. The van der Waals surface area contributed by atoms with Crippen LogP contribution in [0.15, 0.2) is 48.5 Å². The fraction of sp³-hybridized carbons (Fsp3) is 0.588. The number of aliphatic hydroxyl groups excluding tert-OH is 1. The van der Waals surface area contributed by atoms with Gasteiger partial charge in [0, 0.05) is 18.8 Å². The lowest BCUT2D eigenvalue weighted by Gasteiger charge is -2.46. The van der Waals surface area contributed by atoms with Crippen molar-refractivity contribution in [2.45, 2.75) is 89.4 Å². The second-order valence-corrected chi connectivity index (χ2v) is 14.7. The number of piperazine rings is 1. The van der Waals surface area contributed by atoms with Crippen molar-refractivity contribution >= 4 is 39.9 Å². The first kappa shape index (κ1) is 36.0. The highest BCUT2D eigenvalue weighted by Crippen LogP contribution is 2.33. The number of hydrogen-bond acceptors (Lipinski definition) is 7. The number of amides is 2. The molecule has 1 saturated carbocycles. The molecule has 0 radical (unpaired) electrons. The standard InChI is InChI=1S/C34H48N4O6S.ClH/c1-3-4-20-38-31(33(40)35-30(34(38)41)32(39)26-8-6-5-7-9-26)25-18-21-37(22-19-25)23-24-10-14-28(15-11-24)44-29-16-12-27(13-17-29)36-45(2,42)43;/h10-17,25-26,30-32,36,39H,3-9,18-23H2,1-2H3,(H,35,40);1H/t30-,31?,32-;/m1./s1. The molecule has 2 heterocycles. The van der Waals surface area contributed by atoms with Crippen LogP contribution in [0.4, 0.5) is 5.69 Å². The number of nitrogens with zero attached hydrogens (tertiary/aromatic N) is 2. The summed E-state index contributed by atoms with van der Waals surface area (Å²) in [6, 6.07) is 13.4. The van der Waals surface area contributed by atoms with E-state index in [2.05, 4.69) is 21.9 Å². The molecule has 3 N–H and O–H groups in total. The van der Waals surface area contributed by atoms with Crippen molar-refractivity contribution in [3.8, 4) is 11.5 Å². The van der Waals surface area contributed by atoms with E-state index in [0.717, 1.165) is 82.8 Å². The number of carbonyl (C=O) groups is 2. The van der Waals surface area contributed by atoms with Crippen LogP contribution in [0.3, 0.4) is 0 Å². The molecule has 2 saturated heterocycles. The van der Waals surface area contributed by atoms with E-state index in [4.69, 9.17) is 4.74 Å². The zero-order valence-corrected chi connectivity index (χ0v) is 28.5. The van der Waals surface area contributed by atoms with E-state index in [1.54, 1.807) is 29.2 Å². The Kier molecular flexibility index (Phi) is 12.8. The molecule has 2 aromatic carbocycles. The van der Waals surface area contributed by atoms with Gasteiger partial charge in [0.2, 0.25) is 21.8 Å². The molecule has 1 aliphatic carbocycles. The number of likely N-dealkylation sites (tertiary alicyclic amines) is 1. The normalized spacial score (nSPS) is 22.5. The molecule has 254 valence electrons. The molecule has 2 amide bonds. The summed E-state index contributed by atoms with van der Waals surface area (Å²) in [5.41, 5.74) is 1.63. The van der Waals surface area contributed by atoms with E-state index in [-0.39, 0.29) is 36.1 Å². The summed E-state index contributed by atoms with van der Waals surface area (Å²) >= 11 is 0. The maximum atomic E-state index is 13.7. The SMILES string of the molecule is CCCCN1C(=O)[C@@H]([C@H](O)C2CCCCC2)NC(=O)C1C1CCN(Cc2ccc(Oc3ccc(NS(C)(=O)=O)cc3)cc2)CC1.Cl. The number of benzene rings is 2. The molecule has 3 aliphatic rings. The summed E-state index contributed by atoms with van der Waals surface area (Å²) in [6.45, 7) is 5.10. The lowest BCUT2D eigenvalue weighted by molar-refractivity contribution is -0.157. The minimum atomic E-state index is -3.33. The van der Waals surface area contributed by atoms with Crippen molar-refractivity contribution in [1.29, 1.82) is 0 Å². The second-order valence-electron chi connectivity index (χ2n) is 13.0. The van der Waals surface area contributed by atoms with Gasteiger partial charge in [0.05, 0.1) is 12.4 Å². The Balaban J connectivity index is 0.00000480. The average Bonchev–Trinajstić information content (AvgIpc) is 3.03. The highest BCUT2D eigenvalue weighted by atomic mass is 35.5. The summed E-state index contributed by atoms with van der Waals surface area (Å²) in [4.78, 5) is 31.5. The van der Waals surface area contributed by atoms with E-state index in [0.29, 0.717) is 23.7 Å². The maximum absolute atomic E-state index is 13.7. The number of nitrogens with one attached hydrogen (secondary N) is 2. The zero-order valence-electron chi connectivity index (χ0n) is 26.9. The molecular formula is C34H49ClN4O6S. The third kappa shape index (κ3) is 9.36. The number of piperidine rings is 1. The zero-order chi connectivity index (χ0) is 32.0. The van der Waals surface area contributed by atoms with Gasteiger partial charge in [-0.05, 0) is 99.0 Å². The molecule has 10 nitrogen and oxygen atoms in total. The van der Waals surface area contributed by atoms with Gasteiger partial charge in [0.15, 0.2) is 0 Å². The predicted octanol–water partition coefficient (Wildman–Crippen LogP) is 4.92. The number of aliphatic hydroxyl groups is 1. The highest BCUT2D eigenvalue weighted by Gasteiger charge is 2.48. The van der Waals surface area contributed by atoms with Gasteiger partial charge in [-0.3, -0.25) is 19.2 Å². The third-order valence-corrected chi connectivity index (χ3v) is 10.1. The van der Waals surface area contributed by atoms with Crippen molar-refractivity contribution < 1.29 is 27.9 Å². The van der Waals surface area contributed by atoms with Gasteiger partial charge in [-0.25, -0.2) is 8.42 Å². The first-order chi connectivity index (χ1) is 21.6. The number of carbonyl (C=O) groups excluding carboxylic acids is 2. The lowest BCUT2D eigenvalue weighted by Crippen LogP contribution is -2.69. The predicted molar refractivity (Wildman–Crippen MR) is 182 cm³/mol. The first-order valence-electron chi connectivity index (χ1n) is 16.5. The molecule has 0 bridgehead atoms. The van der Waals surface area contributed by atoms with Crippen molar-refractivity contribution in [3.63, 3.8) is 0 Å². The van der Waals surface area contributed by atoms with Crippen molar-refractivity contribution in [3.05, 3.63) is 54.1 Å². The fourth-order valence-electron chi connectivity index (χ4n) is 7.07. The van der Waals surface area contributed by atoms with Crippen LogP contribution in [0.5, 0.6) is 11.5 Å². The van der Waals surface area contributed by atoms with Gasteiger partial charge < -0.3 is 20.1 Å². The summed E-state index contributed by atoms with van der Waals surface area (Å²) < 4.78 is 31.2. The van der Waals surface area contributed by atoms with Gasteiger partial charge >= 0.3 is 0 Å². The second kappa shape index (κ2) is 16.3.